The van der Waals surface area contributed by atoms with Gasteiger partial charge in [0.1, 0.15) is 11.9 Å². The third-order valence-electron chi connectivity index (χ3n) is 4.88. The molecular formula is C18H29N3O3. The Kier molecular flexibility index (Phi) is 7.28. The van der Waals surface area contributed by atoms with E-state index in [0.717, 1.165) is 12.2 Å². The van der Waals surface area contributed by atoms with E-state index >= 15 is 0 Å². The first-order chi connectivity index (χ1) is 11.6. The maximum absolute atomic E-state index is 12.3. The molecule has 1 saturated carbocycles. The lowest BCUT2D eigenvalue weighted by Crippen LogP contribution is -2.43. The summed E-state index contributed by atoms with van der Waals surface area (Å²) in [7, 11) is 3.20. The number of methoxy groups -OCH3 is 1. The molecule has 0 radical (unpaired) electrons. The van der Waals surface area contributed by atoms with E-state index in [9.17, 15) is 9.59 Å². The van der Waals surface area contributed by atoms with Gasteiger partial charge in [-0.25, -0.2) is 9.78 Å². The number of imidazole rings is 1. The molecule has 1 aromatic rings. The van der Waals surface area contributed by atoms with Crippen LogP contribution >= 0.6 is 0 Å². The van der Waals surface area contributed by atoms with Crippen molar-refractivity contribution in [1.29, 1.82) is 0 Å². The molecule has 6 nitrogen and oxygen atoms in total. The first-order valence-electron chi connectivity index (χ1n) is 8.93. The molecule has 0 unspecified atom stereocenters. The molecule has 1 amide bonds. The van der Waals surface area contributed by atoms with Crippen molar-refractivity contribution >= 4 is 11.9 Å². The third-order valence-corrected chi connectivity index (χ3v) is 4.88. The van der Waals surface area contributed by atoms with Gasteiger partial charge in [0.05, 0.1) is 7.11 Å². The Bertz CT molecular complexity index is 533. The van der Waals surface area contributed by atoms with E-state index in [-0.39, 0.29) is 5.91 Å². The van der Waals surface area contributed by atoms with Gasteiger partial charge in [-0.1, -0.05) is 38.5 Å². The summed E-state index contributed by atoms with van der Waals surface area (Å²) in [5.74, 6) is 0.878. The van der Waals surface area contributed by atoms with Gasteiger partial charge in [-0.05, 0) is 12.3 Å². The lowest BCUT2D eigenvalue weighted by atomic mass is 9.95. The topological polar surface area (TPSA) is 73.2 Å². The number of ether oxygens (including phenoxy) is 1. The van der Waals surface area contributed by atoms with Gasteiger partial charge in [0.15, 0.2) is 0 Å². The molecule has 0 spiro atoms. The number of carbonyl (C=O) groups excluding carboxylic acids is 2. The molecule has 0 saturated heterocycles. The molecular weight excluding hydrogens is 306 g/mol. The average Bonchev–Trinajstić information content (AvgIpc) is 2.83. The van der Waals surface area contributed by atoms with Crippen molar-refractivity contribution in [1.82, 2.24) is 14.9 Å². The summed E-state index contributed by atoms with van der Waals surface area (Å²) in [4.78, 5) is 28.4. The Morgan fingerprint density at radius 1 is 1.33 bits per heavy atom. The predicted octanol–water partition coefficient (Wildman–Crippen LogP) is 2.37. The summed E-state index contributed by atoms with van der Waals surface area (Å²) < 4.78 is 6.66. The van der Waals surface area contributed by atoms with Crippen LogP contribution in [0, 0.1) is 5.92 Å². The minimum atomic E-state index is -0.683. The lowest BCUT2D eigenvalue weighted by Gasteiger charge is -2.18. The maximum atomic E-state index is 12.3. The number of rotatable bonds is 7. The second-order valence-corrected chi connectivity index (χ2v) is 6.70. The summed E-state index contributed by atoms with van der Waals surface area (Å²) in [5, 5.41) is 2.82. The fraction of sp³-hybridized carbons (Fsp3) is 0.722. The number of carbonyl (C=O) groups is 2. The van der Waals surface area contributed by atoms with Crippen molar-refractivity contribution in [3.63, 3.8) is 0 Å². The van der Waals surface area contributed by atoms with Gasteiger partial charge >= 0.3 is 5.97 Å². The van der Waals surface area contributed by atoms with E-state index in [1.165, 1.54) is 45.6 Å². The fourth-order valence-corrected chi connectivity index (χ4v) is 3.37. The zero-order valence-electron chi connectivity index (χ0n) is 14.8. The van der Waals surface area contributed by atoms with E-state index in [2.05, 4.69) is 10.3 Å². The second-order valence-electron chi connectivity index (χ2n) is 6.70. The monoisotopic (exact) mass is 335 g/mol. The van der Waals surface area contributed by atoms with Crippen LogP contribution in [0.4, 0.5) is 0 Å². The zero-order chi connectivity index (χ0) is 17.4. The van der Waals surface area contributed by atoms with Gasteiger partial charge in [-0.3, -0.25) is 4.79 Å². The molecule has 0 aliphatic heterocycles. The minimum absolute atomic E-state index is 0.0798. The Morgan fingerprint density at radius 3 is 2.62 bits per heavy atom. The highest BCUT2D eigenvalue weighted by Gasteiger charge is 2.24. The number of aryl methyl sites for hydroxylation is 1. The van der Waals surface area contributed by atoms with Crippen LogP contribution in [0.1, 0.15) is 57.2 Å². The van der Waals surface area contributed by atoms with Crippen LogP contribution in [0.5, 0.6) is 0 Å². The first-order valence-corrected chi connectivity index (χ1v) is 8.93. The standard InChI is InChI=1S/C18H29N3O3/c1-21-12-11-19-16(21)13-15(18(23)24-2)20-17(22)10-9-14-7-5-3-4-6-8-14/h11-12,14-15H,3-10,13H2,1-2H3,(H,20,22)/t15-/m0/s1. The number of esters is 1. The van der Waals surface area contributed by atoms with Gasteiger partial charge in [-0.15, -0.1) is 0 Å². The van der Waals surface area contributed by atoms with Crippen LogP contribution in [0.25, 0.3) is 0 Å². The number of hydrogen-bond donors (Lipinski definition) is 1. The average molecular weight is 335 g/mol. The summed E-state index contributed by atoms with van der Waals surface area (Å²) in [5.41, 5.74) is 0. The van der Waals surface area contributed by atoms with E-state index in [1.54, 1.807) is 6.20 Å². The smallest absolute Gasteiger partial charge is 0.328 e. The molecule has 134 valence electrons. The zero-order valence-corrected chi connectivity index (χ0v) is 14.8. The van der Waals surface area contributed by atoms with Gasteiger partial charge in [0.2, 0.25) is 5.91 Å². The minimum Gasteiger partial charge on any atom is -0.467 e. The molecule has 1 heterocycles. The van der Waals surface area contributed by atoms with Crippen LogP contribution in [0.15, 0.2) is 12.4 Å². The normalized spacial score (nSPS) is 17.1. The highest BCUT2D eigenvalue weighted by molar-refractivity contribution is 5.84. The van der Waals surface area contributed by atoms with Crippen LogP contribution in [0.3, 0.4) is 0 Å². The van der Waals surface area contributed by atoms with Crippen LogP contribution in [0.2, 0.25) is 0 Å². The number of hydrogen-bond acceptors (Lipinski definition) is 4. The Balaban J connectivity index is 1.85. The molecule has 1 aliphatic rings. The molecule has 1 atom stereocenters. The Labute approximate surface area is 144 Å². The Morgan fingerprint density at radius 2 is 2.04 bits per heavy atom. The number of aromatic nitrogens is 2. The summed E-state index contributed by atoms with van der Waals surface area (Å²) in [6.07, 6.45) is 12.8. The molecule has 1 N–H and O–H groups in total. The summed E-state index contributed by atoms with van der Waals surface area (Å²) in [6, 6.07) is -0.683. The van der Waals surface area contributed by atoms with Gasteiger partial charge < -0.3 is 14.6 Å². The van der Waals surface area contributed by atoms with Crippen LogP contribution in [-0.2, 0) is 27.8 Å². The lowest BCUT2D eigenvalue weighted by molar-refractivity contribution is -0.145. The third kappa shape index (κ3) is 5.65. The van der Waals surface area contributed by atoms with Crippen molar-refractivity contribution in [3.05, 3.63) is 18.2 Å². The molecule has 6 heteroatoms. The quantitative estimate of drug-likeness (QED) is 0.613. The molecule has 0 aromatic carbocycles. The maximum Gasteiger partial charge on any atom is 0.328 e. The number of nitrogens with one attached hydrogen (secondary N) is 1. The predicted molar refractivity (Wildman–Crippen MR) is 91.3 cm³/mol. The molecule has 1 aromatic heterocycles. The van der Waals surface area contributed by atoms with Crippen LogP contribution in [-0.4, -0.2) is 34.6 Å². The van der Waals surface area contributed by atoms with E-state index in [0.29, 0.717) is 18.8 Å². The van der Waals surface area contributed by atoms with Gasteiger partial charge in [0, 0.05) is 32.3 Å². The largest absolute Gasteiger partial charge is 0.467 e. The molecule has 1 fully saturated rings. The van der Waals surface area contributed by atoms with E-state index in [4.69, 9.17) is 4.74 Å². The van der Waals surface area contributed by atoms with Gasteiger partial charge in [-0.2, -0.15) is 0 Å². The molecule has 24 heavy (non-hydrogen) atoms. The van der Waals surface area contributed by atoms with Crippen molar-refractivity contribution in [2.45, 2.75) is 63.8 Å². The van der Waals surface area contributed by atoms with Crippen molar-refractivity contribution in [2.24, 2.45) is 13.0 Å². The second kappa shape index (κ2) is 9.45. The SMILES string of the molecule is COC(=O)[C@H](Cc1nccn1C)NC(=O)CCC1CCCCCC1. The number of amides is 1. The van der Waals surface area contributed by atoms with Crippen molar-refractivity contribution in [2.75, 3.05) is 7.11 Å². The Hall–Kier alpha value is -1.85. The first kappa shape index (κ1) is 18.5. The number of nitrogens with zero attached hydrogens (tertiary/aromatic N) is 2. The van der Waals surface area contributed by atoms with E-state index in [1.807, 2.05) is 17.8 Å². The summed E-state index contributed by atoms with van der Waals surface area (Å²) >= 11 is 0. The van der Waals surface area contributed by atoms with Crippen molar-refractivity contribution in [3.8, 4) is 0 Å². The van der Waals surface area contributed by atoms with Crippen molar-refractivity contribution < 1.29 is 14.3 Å². The van der Waals surface area contributed by atoms with Gasteiger partial charge in [0.25, 0.3) is 0 Å². The molecule has 0 bridgehead atoms. The fourth-order valence-electron chi connectivity index (χ4n) is 3.37. The molecule has 2 rings (SSSR count). The molecule has 1 aliphatic carbocycles. The highest BCUT2D eigenvalue weighted by Crippen LogP contribution is 2.26. The summed E-state index contributed by atoms with van der Waals surface area (Å²) in [6.45, 7) is 0. The van der Waals surface area contributed by atoms with E-state index < -0.39 is 12.0 Å². The van der Waals surface area contributed by atoms with Crippen LogP contribution < -0.4 is 5.32 Å². The highest BCUT2D eigenvalue weighted by atomic mass is 16.5.